The Morgan fingerprint density at radius 1 is 1.28 bits per heavy atom. The highest BCUT2D eigenvalue weighted by atomic mass is 35.5. The molecule has 1 saturated heterocycles. The van der Waals surface area contributed by atoms with Gasteiger partial charge in [-0.25, -0.2) is 9.18 Å². The molecule has 198 valence electrons. The van der Waals surface area contributed by atoms with Gasteiger partial charge in [0.1, 0.15) is 23.0 Å². The standard InChI is InChI=1S/C27H38ClFN4O3/c1-8-12-33(15-9-17(2)25(34)36-27(4,5)6)24-20-16-21(28)18(3)22(29)23(20)30-26(31-24)35-19-10-13-32(7)14-11-19/h16,19H,2,8-15H2,1,3-7H3. The number of halogens is 2. The van der Waals surface area contributed by atoms with E-state index in [1.54, 1.807) is 13.0 Å². The summed E-state index contributed by atoms with van der Waals surface area (Å²) in [6.45, 7) is 16.0. The summed E-state index contributed by atoms with van der Waals surface area (Å²) in [6, 6.07) is 1.86. The Morgan fingerprint density at radius 3 is 2.56 bits per heavy atom. The summed E-state index contributed by atoms with van der Waals surface area (Å²) < 4.78 is 27.0. The molecule has 0 unspecified atom stereocenters. The maximum Gasteiger partial charge on any atom is 0.333 e. The molecule has 0 radical (unpaired) electrons. The predicted molar refractivity (Wildman–Crippen MR) is 142 cm³/mol. The Hall–Kier alpha value is -2.45. The van der Waals surface area contributed by atoms with Crippen molar-refractivity contribution in [3.8, 4) is 6.01 Å². The quantitative estimate of drug-likeness (QED) is 0.310. The van der Waals surface area contributed by atoms with E-state index in [9.17, 15) is 4.79 Å². The van der Waals surface area contributed by atoms with Crippen molar-refractivity contribution in [2.45, 2.75) is 72.0 Å². The van der Waals surface area contributed by atoms with E-state index in [1.807, 2.05) is 32.6 Å². The zero-order valence-corrected chi connectivity index (χ0v) is 23.0. The van der Waals surface area contributed by atoms with Crippen molar-refractivity contribution < 1.29 is 18.7 Å². The van der Waals surface area contributed by atoms with Gasteiger partial charge in [-0.15, -0.1) is 0 Å². The van der Waals surface area contributed by atoms with Crippen molar-refractivity contribution >= 4 is 34.3 Å². The first kappa shape index (κ1) is 28.1. The van der Waals surface area contributed by atoms with Crippen LogP contribution in [0.2, 0.25) is 5.02 Å². The highest BCUT2D eigenvalue weighted by Gasteiger charge is 2.24. The van der Waals surface area contributed by atoms with Crippen molar-refractivity contribution in [3.63, 3.8) is 0 Å². The lowest BCUT2D eigenvalue weighted by Crippen LogP contribution is -2.36. The van der Waals surface area contributed by atoms with Gasteiger partial charge in [-0.1, -0.05) is 25.1 Å². The molecule has 1 aromatic carbocycles. The van der Waals surface area contributed by atoms with Crippen LogP contribution in [0.5, 0.6) is 6.01 Å². The molecule has 0 N–H and O–H groups in total. The number of benzene rings is 1. The molecule has 2 heterocycles. The van der Waals surface area contributed by atoms with E-state index in [2.05, 4.69) is 23.5 Å². The number of anilines is 1. The second kappa shape index (κ2) is 11.7. The number of ether oxygens (including phenoxy) is 2. The summed E-state index contributed by atoms with van der Waals surface area (Å²) >= 11 is 6.36. The minimum Gasteiger partial charge on any atom is -0.460 e. The molecule has 1 aliphatic rings. The first-order chi connectivity index (χ1) is 16.9. The number of nitrogens with zero attached hydrogens (tertiary/aromatic N) is 4. The van der Waals surface area contributed by atoms with E-state index >= 15 is 4.39 Å². The third-order valence-electron chi connectivity index (χ3n) is 6.17. The molecule has 0 aliphatic carbocycles. The third kappa shape index (κ3) is 7.07. The molecule has 1 aromatic heterocycles. The maximum atomic E-state index is 15.3. The first-order valence-electron chi connectivity index (χ1n) is 12.6. The maximum absolute atomic E-state index is 15.3. The number of carbonyl (C=O) groups excluding carboxylic acids is 1. The average Bonchev–Trinajstić information content (AvgIpc) is 2.80. The normalized spacial score (nSPS) is 15.2. The van der Waals surface area contributed by atoms with Gasteiger partial charge >= 0.3 is 12.0 Å². The van der Waals surface area contributed by atoms with Gasteiger partial charge in [0.2, 0.25) is 0 Å². The Labute approximate surface area is 218 Å². The molecular formula is C27H38ClFN4O3. The number of hydrogen-bond donors (Lipinski definition) is 0. The van der Waals surface area contributed by atoms with Crippen LogP contribution < -0.4 is 9.64 Å². The van der Waals surface area contributed by atoms with E-state index in [0.29, 0.717) is 46.9 Å². The Bertz CT molecular complexity index is 1110. The third-order valence-corrected chi connectivity index (χ3v) is 6.57. The number of likely N-dealkylation sites (tertiary alicyclic amines) is 1. The van der Waals surface area contributed by atoms with Gasteiger partial charge in [0.25, 0.3) is 0 Å². The number of carbonyl (C=O) groups is 1. The number of hydrogen-bond acceptors (Lipinski definition) is 7. The molecule has 0 saturated carbocycles. The summed E-state index contributed by atoms with van der Waals surface area (Å²) in [5.41, 5.74) is 0.279. The zero-order valence-electron chi connectivity index (χ0n) is 22.3. The van der Waals surface area contributed by atoms with Crippen molar-refractivity contribution in [3.05, 3.63) is 34.6 Å². The summed E-state index contributed by atoms with van der Waals surface area (Å²) in [4.78, 5) is 25.9. The van der Waals surface area contributed by atoms with E-state index in [0.717, 1.165) is 32.4 Å². The molecular weight excluding hydrogens is 483 g/mol. The lowest BCUT2D eigenvalue weighted by Gasteiger charge is -2.29. The number of rotatable bonds is 9. The molecule has 0 atom stereocenters. The van der Waals surface area contributed by atoms with Crippen LogP contribution in [0.25, 0.3) is 10.9 Å². The summed E-state index contributed by atoms with van der Waals surface area (Å²) in [5, 5.41) is 0.818. The van der Waals surface area contributed by atoms with Crippen LogP contribution in [0.1, 0.15) is 58.9 Å². The van der Waals surface area contributed by atoms with Crippen molar-refractivity contribution in [1.29, 1.82) is 0 Å². The Balaban J connectivity index is 1.95. The Kier molecular flexibility index (Phi) is 9.17. The Morgan fingerprint density at radius 2 is 1.94 bits per heavy atom. The second-order valence-electron chi connectivity index (χ2n) is 10.5. The van der Waals surface area contributed by atoms with Crippen molar-refractivity contribution in [2.24, 2.45) is 0 Å². The van der Waals surface area contributed by atoms with E-state index in [4.69, 9.17) is 26.1 Å². The average molecular weight is 521 g/mol. The van der Waals surface area contributed by atoms with E-state index < -0.39 is 17.4 Å². The summed E-state index contributed by atoms with van der Waals surface area (Å²) in [7, 11) is 2.08. The first-order valence-corrected chi connectivity index (χ1v) is 12.9. The lowest BCUT2D eigenvalue weighted by molar-refractivity contribution is -0.150. The van der Waals surface area contributed by atoms with Crippen LogP contribution >= 0.6 is 11.6 Å². The fraction of sp³-hybridized carbons (Fsp3) is 0.593. The van der Waals surface area contributed by atoms with Crippen molar-refractivity contribution in [2.75, 3.05) is 38.1 Å². The molecule has 3 rings (SSSR count). The second-order valence-corrected chi connectivity index (χ2v) is 10.9. The molecule has 0 amide bonds. The monoisotopic (exact) mass is 520 g/mol. The van der Waals surface area contributed by atoms with Crippen LogP contribution in [0.3, 0.4) is 0 Å². The highest BCUT2D eigenvalue weighted by molar-refractivity contribution is 6.32. The van der Waals surface area contributed by atoms with Gasteiger partial charge in [0.05, 0.1) is 0 Å². The largest absolute Gasteiger partial charge is 0.460 e. The number of aromatic nitrogens is 2. The molecule has 0 spiro atoms. The zero-order chi connectivity index (χ0) is 26.6. The SMILES string of the molecule is C=C(CCN(CCC)c1nc(OC2CCN(C)CC2)nc2c(F)c(C)c(Cl)cc12)C(=O)OC(C)(C)C. The van der Waals surface area contributed by atoms with Gasteiger partial charge in [-0.2, -0.15) is 9.97 Å². The van der Waals surface area contributed by atoms with Gasteiger partial charge in [0, 0.05) is 47.7 Å². The van der Waals surface area contributed by atoms with Crippen LogP contribution in [0, 0.1) is 12.7 Å². The molecule has 1 aliphatic heterocycles. The molecule has 7 nitrogen and oxygen atoms in total. The molecule has 9 heteroatoms. The topological polar surface area (TPSA) is 67.8 Å². The minimum atomic E-state index is -0.599. The lowest BCUT2D eigenvalue weighted by atomic mass is 10.1. The fourth-order valence-electron chi connectivity index (χ4n) is 4.12. The molecule has 2 aromatic rings. The number of fused-ring (bicyclic) bond motifs is 1. The van der Waals surface area contributed by atoms with Gasteiger partial charge in [0.15, 0.2) is 5.82 Å². The van der Waals surface area contributed by atoms with Gasteiger partial charge in [-0.3, -0.25) is 0 Å². The van der Waals surface area contributed by atoms with Crippen LogP contribution in [-0.2, 0) is 9.53 Å². The number of piperidine rings is 1. The summed E-state index contributed by atoms with van der Waals surface area (Å²) in [5.74, 6) is -0.381. The van der Waals surface area contributed by atoms with Crippen LogP contribution in [0.15, 0.2) is 18.2 Å². The molecule has 1 fully saturated rings. The van der Waals surface area contributed by atoms with Crippen LogP contribution in [0.4, 0.5) is 10.2 Å². The fourth-order valence-corrected chi connectivity index (χ4v) is 4.31. The minimum absolute atomic E-state index is 0.0328. The summed E-state index contributed by atoms with van der Waals surface area (Å²) in [6.07, 6.45) is 2.85. The predicted octanol–water partition coefficient (Wildman–Crippen LogP) is 5.71. The van der Waals surface area contributed by atoms with Gasteiger partial charge < -0.3 is 19.3 Å². The van der Waals surface area contributed by atoms with Crippen molar-refractivity contribution in [1.82, 2.24) is 14.9 Å². The molecule has 0 bridgehead atoms. The van der Waals surface area contributed by atoms with E-state index in [1.165, 1.54) is 0 Å². The van der Waals surface area contributed by atoms with Crippen LogP contribution in [-0.4, -0.2) is 65.8 Å². The highest BCUT2D eigenvalue weighted by Crippen LogP contribution is 2.34. The number of esters is 1. The van der Waals surface area contributed by atoms with E-state index in [-0.39, 0.29) is 17.6 Å². The smallest absolute Gasteiger partial charge is 0.333 e. The molecule has 36 heavy (non-hydrogen) atoms. The van der Waals surface area contributed by atoms with Gasteiger partial charge in [-0.05, 0) is 66.5 Å².